The second-order valence-corrected chi connectivity index (χ2v) is 1.27. The van der Waals surface area contributed by atoms with Gasteiger partial charge in [0, 0.05) is 12.4 Å². The Morgan fingerprint density at radius 3 is 2.62 bits per heavy atom. The maximum atomic E-state index is 3.89. The van der Waals surface area contributed by atoms with Gasteiger partial charge in [-0.1, -0.05) is 6.54 Å². The zero-order chi connectivity index (χ0) is 5.11. The molecule has 0 aliphatic carbocycles. The van der Waals surface area contributed by atoms with Crippen LogP contribution in [0, 0.1) is 6.92 Å². The van der Waals surface area contributed by atoms with Gasteiger partial charge >= 0.3 is 51.4 Å². The van der Waals surface area contributed by atoms with Crippen LogP contribution in [-0.2, 0) is 6.54 Å². The Bertz CT molecular complexity index is 125. The van der Waals surface area contributed by atoms with Gasteiger partial charge in [0.15, 0.2) is 0 Å². The molecule has 0 spiro atoms. The molecule has 0 radical (unpaired) electrons. The van der Waals surface area contributed by atoms with E-state index in [1.54, 1.807) is 10.9 Å². The predicted molar refractivity (Wildman–Crippen MR) is 27.6 cm³/mol. The van der Waals surface area contributed by atoms with Gasteiger partial charge < -0.3 is 11.6 Å². The second kappa shape index (κ2) is 4.70. The topological polar surface area (TPSA) is 17.8 Å². The standard InChI is InChI=1S/C5H7N2.K/c1-2-7-5-3-4-6-7;/h3-5H,1-2H2;/q-1;+1. The van der Waals surface area contributed by atoms with Crippen molar-refractivity contribution < 1.29 is 51.4 Å². The first-order valence-electron chi connectivity index (χ1n) is 2.20. The molecule has 0 fully saturated rings. The van der Waals surface area contributed by atoms with Crippen molar-refractivity contribution in [3.63, 3.8) is 0 Å². The SMILES string of the molecule is [CH2-]Cn1cccn1.[K+]. The van der Waals surface area contributed by atoms with Crippen LogP contribution in [0.25, 0.3) is 0 Å². The minimum absolute atomic E-state index is 0. The van der Waals surface area contributed by atoms with E-state index in [0.29, 0.717) is 6.54 Å². The molecule has 3 heteroatoms. The summed E-state index contributed by atoms with van der Waals surface area (Å²) in [5, 5.41) is 3.89. The molecule has 1 aromatic heterocycles. The van der Waals surface area contributed by atoms with E-state index >= 15 is 0 Å². The normalized spacial score (nSPS) is 8.12. The van der Waals surface area contributed by atoms with Crippen LogP contribution in [0.4, 0.5) is 0 Å². The van der Waals surface area contributed by atoms with Crippen molar-refractivity contribution in [2.24, 2.45) is 0 Å². The van der Waals surface area contributed by atoms with E-state index in [1.807, 2.05) is 12.3 Å². The molecular weight excluding hydrogens is 127 g/mol. The number of hydrogen-bond acceptors (Lipinski definition) is 1. The van der Waals surface area contributed by atoms with Crippen LogP contribution in [-0.4, -0.2) is 9.78 Å². The molecule has 0 atom stereocenters. The zero-order valence-corrected chi connectivity index (χ0v) is 8.16. The largest absolute Gasteiger partial charge is 1.00 e. The molecular formula is C5H7KN2. The summed E-state index contributed by atoms with van der Waals surface area (Å²) in [7, 11) is 0. The van der Waals surface area contributed by atoms with Crippen LogP contribution in [0.2, 0.25) is 0 Å². The van der Waals surface area contributed by atoms with Crippen LogP contribution in [0.15, 0.2) is 18.5 Å². The van der Waals surface area contributed by atoms with Crippen molar-refractivity contribution in [3.8, 4) is 0 Å². The summed E-state index contributed by atoms with van der Waals surface area (Å²) >= 11 is 0. The molecule has 1 rings (SSSR count). The van der Waals surface area contributed by atoms with Crippen molar-refractivity contribution in [1.29, 1.82) is 0 Å². The molecule has 1 aromatic rings. The van der Waals surface area contributed by atoms with E-state index in [9.17, 15) is 0 Å². The fourth-order valence-corrected chi connectivity index (χ4v) is 0.433. The molecule has 0 bridgehead atoms. The Kier molecular flexibility index (Phi) is 5.20. The number of nitrogens with zero attached hydrogens (tertiary/aromatic N) is 2. The molecule has 1 heterocycles. The summed E-state index contributed by atoms with van der Waals surface area (Å²) in [4.78, 5) is 0. The maximum absolute atomic E-state index is 3.89. The molecule has 0 amide bonds. The van der Waals surface area contributed by atoms with Gasteiger partial charge in [0.2, 0.25) is 0 Å². The van der Waals surface area contributed by atoms with E-state index in [1.165, 1.54) is 0 Å². The van der Waals surface area contributed by atoms with E-state index in [-0.39, 0.29) is 51.4 Å². The summed E-state index contributed by atoms with van der Waals surface area (Å²) in [6.07, 6.45) is 3.62. The molecule has 0 saturated heterocycles. The van der Waals surface area contributed by atoms with Crippen molar-refractivity contribution in [2.75, 3.05) is 0 Å². The molecule has 0 N–H and O–H groups in total. The minimum atomic E-state index is 0. The zero-order valence-electron chi connectivity index (χ0n) is 5.04. The molecule has 38 valence electrons. The maximum Gasteiger partial charge on any atom is 1.00 e. The van der Waals surface area contributed by atoms with E-state index < -0.39 is 0 Å². The van der Waals surface area contributed by atoms with Gasteiger partial charge in [-0.05, 0) is 6.07 Å². The summed E-state index contributed by atoms with van der Waals surface area (Å²) in [5.74, 6) is 0. The summed E-state index contributed by atoms with van der Waals surface area (Å²) in [5.41, 5.74) is 0. The second-order valence-electron chi connectivity index (χ2n) is 1.27. The van der Waals surface area contributed by atoms with Crippen LogP contribution in [0.1, 0.15) is 0 Å². The Morgan fingerprint density at radius 2 is 2.38 bits per heavy atom. The Labute approximate surface area is 91.7 Å². The fourth-order valence-electron chi connectivity index (χ4n) is 0.433. The molecule has 0 saturated carbocycles. The molecule has 0 aliphatic heterocycles. The van der Waals surface area contributed by atoms with Crippen LogP contribution in [0.5, 0.6) is 0 Å². The number of rotatable bonds is 1. The molecule has 0 aromatic carbocycles. The van der Waals surface area contributed by atoms with Crippen molar-refractivity contribution >= 4 is 0 Å². The fraction of sp³-hybridized carbons (Fsp3) is 0.200. The molecule has 2 nitrogen and oxygen atoms in total. The third kappa shape index (κ3) is 2.41. The summed E-state index contributed by atoms with van der Waals surface area (Å²) in [6.45, 7) is 4.34. The van der Waals surface area contributed by atoms with Gasteiger partial charge in [-0.2, -0.15) is 5.10 Å². The average Bonchev–Trinajstić information content (AvgIpc) is 2.14. The van der Waals surface area contributed by atoms with Crippen LogP contribution < -0.4 is 51.4 Å². The Hall–Kier alpha value is 0.846. The van der Waals surface area contributed by atoms with Crippen molar-refractivity contribution in [2.45, 2.75) is 6.54 Å². The van der Waals surface area contributed by atoms with Crippen LogP contribution >= 0.6 is 0 Å². The quantitative estimate of drug-likeness (QED) is 0.312. The third-order valence-electron chi connectivity index (χ3n) is 0.788. The number of hydrogen-bond donors (Lipinski definition) is 0. The van der Waals surface area contributed by atoms with Gasteiger partial charge in [-0.25, -0.2) is 0 Å². The first-order chi connectivity index (χ1) is 3.43. The van der Waals surface area contributed by atoms with Gasteiger partial charge in [-0.3, -0.25) is 0 Å². The molecule has 0 unspecified atom stereocenters. The van der Waals surface area contributed by atoms with Gasteiger partial charge in [0.1, 0.15) is 0 Å². The van der Waals surface area contributed by atoms with Gasteiger partial charge in [0.05, 0.1) is 0 Å². The van der Waals surface area contributed by atoms with Gasteiger partial charge in [-0.15, -0.1) is 0 Å². The summed E-state index contributed by atoms with van der Waals surface area (Å²) < 4.78 is 1.76. The van der Waals surface area contributed by atoms with E-state index in [0.717, 1.165) is 0 Å². The minimum Gasteiger partial charge on any atom is -0.322 e. The van der Waals surface area contributed by atoms with E-state index in [2.05, 4.69) is 12.0 Å². The van der Waals surface area contributed by atoms with E-state index in [4.69, 9.17) is 0 Å². The Morgan fingerprint density at radius 1 is 1.62 bits per heavy atom. The van der Waals surface area contributed by atoms with Crippen molar-refractivity contribution in [3.05, 3.63) is 25.4 Å². The molecule has 8 heavy (non-hydrogen) atoms. The predicted octanol–water partition coefficient (Wildman–Crippen LogP) is -2.28. The smallest absolute Gasteiger partial charge is 0.322 e. The number of aromatic nitrogens is 2. The monoisotopic (exact) mass is 134 g/mol. The van der Waals surface area contributed by atoms with Crippen molar-refractivity contribution in [1.82, 2.24) is 9.78 Å². The first kappa shape index (κ1) is 8.85. The van der Waals surface area contributed by atoms with Crippen LogP contribution in [0.3, 0.4) is 0 Å². The molecule has 0 aliphatic rings. The third-order valence-corrected chi connectivity index (χ3v) is 0.788. The Balaban J connectivity index is 0.000000490. The average molecular weight is 134 g/mol. The first-order valence-corrected chi connectivity index (χ1v) is 2.20. The van der Waals surface area contributed by atoms with Gasteiger partial charge in [0.25, 0.3) is 0 Å². The summed E-state index contributed by atoms with van der Waals surface area (Å²) in [6, 6.07) is 1.88.